The summed E-state index contributed by atoms with van der Waals surface area (Å²) in [6.07, 6.45) is 1.04. The number of H-pyrrole nitrogens is 1. The summed E-state index contributed by atoms with van der Waals surface area (Å²) in [5, 5.41) is 2.22. The first-order valence-corrected chi connectivity index (χ1v) is 10.1. The highest BCUT2D eigenvalue weighted by Crippen LogP contribution is 2.30. The molecule has 2 aromatic carbocycles. The second-order valence-electron chi connectivity index (χ2n) is 6.77. The lowest BCUT2D eigenvalue weighted by Crippen LogP contribution is -2.15. The highest BCUT2D eigenvalue weighted by molar-refractivity contribution is 7.97. The van der Waals surface area contributed by atoms with Crippen LogP contribution in [0.5, 0.6) is 0 Å². The van der Waals surface area contributed by atoms with Crippen LogP contribution in [0, 0.1) is 6.92 Å². The van der Waals surface area contributed by atoms with Crippen LogP contribution in [0.4, 0.5) is 0 Å². The van der Waals surface area contributed by atoms with Crippen LogP contribution in [0.2, 0.25) is 5.02 Å². The fourth-order valence-corrected chi connectivity index (χ4v) is 4.40. The summed E-state index contributed by atoms with van der Waals surface area (Å²) in [6, 6.07) is 14.8. The number of benzene rings is 2. The van der Waals surface area contributed by atoms with Crippen molar-refractivity contribution >= 4 is 34.3 Å². The van der Waals surface area contributed by atoms with Crippen LogP contribution in [0.1, 0.15) is 22.4 Å². The van der Waals surface area contributed by atoms with Crippen molar-refractivity contribution < 1.29 is 0 Å². The maximum Gasteiger partial charge on any atom is 0.0459 e. The molecule has 0 bridgehead atoms. The number of thioether (sulfide) groups is 1. The molecule has 0 spiro atoms. The molecule has 0 saturated heterocycles. The van der Waals surface area contributed by atoms with Gasteiger partial charge in [0.05, 0.1) is 0 Å². The van der Waals surface area contributed by atoms with Gasteiger partial charge in [-0.1, -0.05) is 41.4 Å². The normalized spacial score (nSPS) is 11.6. The molecule has 0 atom stereocenters. The van der Waals surface area contributed by atoms with E-state index in [2.05, 4.69) is 61.2 Å². The first kappa shape index (κ1) is 18.4. The lowest BCUT2D eigenvalue weighted by molar-refractivity contribution is 0.412. The van der Waals surface area contributed by atoms with Crippen molar-refractivity contribution in [1.82, 2.24) is 9.88 Å². The summed E-state index contributed by atoms with van der Waals surface area (Å²) in [6.45, 7) is 3.21. The maximum atomic E-state index is 6.29. The van der Waals surface area contributed by atoms with Gasteiger partial charge in [0.2, 0.25) is 0 Å². The predicted octanol–water partition coefficient (Wildman–Crippen LogP) is 5.67. The molecule has 1 heterocycles. The average molecular weight is 373 g/mol. The van der Waals surface area contributed by atoms with Crippen LogP contribution in [-0.4, -0.2) is 30.5 Å². The van der Waals surface area contributed by atoms with Gasteiger partial charge >= 0.3 is 0 Å². The fourth-order valence-electron chi connectivity index (χ4n) is 3.01. The molecule has 0 unspecified atom stereocenters. The summed E-state index contributed by atoms with van der Waals surface area (Å²) in [5.41, 5.74) is 6.56. The highest BCUT2D eigenvalue weighted by atomic mass is 35.5. The second kappa shape index (κ2) is 8.31. The number of fused-ring (bicyclic) bond motifs is 1. The Hall–Kier alpha value is -1.42. The van der Waals surface area contributed by atoms with Crippen LogP contribution < -0.4 is 0 Å². The van der Waals surface area contributed by atoms with E-state index in [1.165, 1.54) is 33.3 Å². The Labute approximate surface area is 159 Å². The van der Waals surface area contributed by atoms with Gasteiger partial charge in [-0.2, -0.15) is 11.8 Å². The Morgan fingerprint density at radius 1 is 1.08 bits per heavy atom. The summed E-state index contributed by atoms with van der Waals surface area (Å²) < 4.78 is 0. The minimum atomic E-state index is 0.859. The largest absolute Gasteiger partial charge is 0.358 e. The molecule has 3 rings (SSSR count). The Balaban J connectivity index is 1.81. The standard InChI is InChI=1S/C21H25ClN2S/c1-15-8-9-20-17(12-15)18(21(23-20)10-11-24(2)3)14-25-13-16-6-4-5-7-19(16)22/h4-9,12,23H,10-11,13-14H2,1-3H3. The van der Waals surface area contributed by atoms with Gasteiger partial charge in [-0.25, -0.2) is 0 Å². The number of hydrogen-bond donors (Lipinski definition) is 1. The quantitative estimate of drug-likeness (QED) is 0.576. The third-order valence-corrected chi connectivity index (χ3v) is 5.80. The van der Waals surface area contributed by atoms with E-state index < -0.39 is 0 Å². The molecule has 0 saturated carbocycles. The van der Waals surface area contributed by atoms with E-state index in [-0.39, 0.29) is 0 Å². The molecule has 0 fully saturated rings. The summed E-state index contributed by atoms with van der Waals surface area (Å²) in [4.78, 5) is 5.87. The zero-order chi connectivity index (χ0) is 17.8. The van der Waals surface area contributed by atoms with Crippen LogP contribution in [0.25, 0.3) is 10.9 Å². The second-order valence-corrected chi connectivity index (χ2v) is 8.16. The van der Waals surface area contributed by atoms with E-state index in [0.29, 0.717) is 0 Å². The third-order valence-electron chi connectivity index (χ3n) is 4.42. The van der Waals surface area contributed by atoms with Gasteiger partial charge in [-0.05, 0) is 50.3 Å². The first-order valence-electron chi connectivity index (χ1n) is 8.60. The average Bonchev–Trinajstić information content (AvgIpc) is 2.92. The van der Waals surface area contributed by atoms with Crippen molar-refractivity contribution in [3.8, 4) is 0 Å². The summed E-state index contributed by atoms with van der Waals surface area (Å²) in [5.74, 6) is 1.93. The number of aromatic amines is 1. The maximum absolute atomic E-state index is 6.29. The molecule has 3 aromatic rings. The van der Waals surface area contributed by atoms with Crippen LogP contribution >= 0.6 is 23.4 Å². The van der Waals surface area contributed by atoms with Crippen molar-refractivity contribution in [3.63, 3.8) is 0 Å². The van der Waals surface area contributed by atoms with E-state index in [0.717, 1.165) is 29.5 Å². The number of halogens is 1. The Morgan fingerprint density at radius 2 is 1.88 bits per heavy atom. The number of likely N-dealkylation sites (N-methyl/N-ethyl adjacent to an activating group) is 1. The van der Waals surface area contributed by atoms with Gasteiger partial charge in [0.25, 0.3) is 0 Å². The molecule has 0 aliphatic carbocycles. The van der Waals surface area contributed by atoms with Crippen LogP contribution in [-0.2, 0) is 17.9 Å². The topological polar surface area (TPSA) is 19.0 Å². The minimum absolute atomic E-state index is 0.859. The molecule has 1 N–H and O–H groups in total. The number of hydrogen-bond acceptors (Lipinski definition) is 2. The number of aryl methyl sites for hydroxylation is 1. The van der Waals surface area contributed by atoms with Gasteiger partial charge in [-0.15, -0.1) is 0 Å². The Morgan fingerprint density at radius 3 is 2.64 bits per heavy atom. The number of rotatable bonds is 7. The molecule has 1 aromatic heterocycles. The Kier molecular flexibility index (Phi) is 6.10. The summed E-state index contributed by atoms with van der Waals surface area (Å²) in [7, 11) is 4.25. The lowest BCUT2D eigenvalue weighted by Gasteiger charge is -2.10. The molecular formula is C21H25ClN2S. The Bertz CT molecular complexity index is 854. The molecule has 0 amide bonds. The van der Waals surface area contributed by atoms with Crippen LogP contribution in [0.3, 0.4) is 0 Å². The van der Waals surface area contributed by atoms with E-state index in [9.17, 15) is 0 Å². The summed E-state index contributed by atoms with van der Waals surface area (Å²) >= 11 is 8.22. The van der Waals surface area contributed by atoms with E-state index in [1.54, 1.807) is 0 Å². The molecule has 2 nitrogen and oxygen atoms in total. The van der Waals surface area contributed by atoms with Crippen molar-refractivity contribution in [2.45, 2.75) is 24.9 Å². The van der Waals surface area contributed by atoms with Crippen molar-refractivity contribution in [2.24, 2.45) is 0 Å². The number of nitrogens with one attached hydrogen (secondary N) is 1. The molecule has 0 radical (unpaired) electrons. The highest BCUT2D eigenvalue weighted by Gasteiger charge is 2.12. The number of aromatic nitrogens is 1. The molecule has 0 aliphatic rings. The third kappa shape index (κ3) is 4.60. The SMILES string of the molecule is Cc1ccc2[nH]c(CCN(C)C)c(CSCc3ccccc3Cl)c2c1. The molecule has 132 valence electrons. The monoisotopic (exact) mass is 372 g/mol. The van der Waals surface area contributed by atoms with Crippen molar-refractivity contribution in [1.29, 1.82) is 0 Å². The molecular weight excluding hydrogens is 348 g/mol. The smallest absolute Gasteiger partial charge is 0.0459 e. The molecule has 25 heavy (non-hydrogen) atoms. The van der Waals surface area contributed by atoms with Gasteiger partial charge in [0.1, 0.15) is 0 Å². The zero-order valence-electron chi connectivity index (χ0n) is 15.1. The molecule has 0 aliphatic heterocycles. The van der Waals surface area contributed by atoms with Gasteiger partial charge in [0.15, 0.2) is 0 Å². The zero-order valence-corrected chi connectivity index (χ0v) is 16.7. The van der Waals surface area contributed by atoms with Gasteiger partial charge < -0.3 is 9.88 Å². The van der Waals surface area contributed by atoms with Crippen LogP contribution in [0.15, 0.2) is 42.5 Å². The number of nitrogens with zero attached hydrogens (tertiary/aromatic N) is 1. The van der Waals surface area contributed by atoms with Gasteiger partial charge in [0, 0.05) is 46.1 Å². The lowest BCUT2D eigenvalue weighted by atomic mass is 10.1. The minimum Gasteiger partial charge on any atom is -0.358 e. The van der Waals surface area contributed by atoms with Gasteiger partial charge in [-0.3, -0.25) is 0 Å². The fraction of sp³-hybridized carbons (Fsp3) is 0.333. The molecule has 4 heteroatoms. The first-order chi connectivity index (χ1) is 12.0. The van der Waals surface area contributed by atoms with E-state index >= 15 is 0 Å². The van der Waals surface area contributed by atoms with E-state index in [1.807, 2.05) is 23.9 Å². The van der Waals surface area contributed by atoms with E-state index in [4.69, 9.17) is 11.6 Å². The van der Waals surface area contributed by atoms with Crippen molar-refractivity contribution in [3.05, 3.63) is 69.9 Å². The predicted molar refractivity (Wildman–Crippen MR) is 112 cm³/mol. The van der Waals surface area contributed by atoms with Crippen molar-refractivity contribution in [2.75, 3.05) is 20.6 Å².